The maximum Gasteiger partial charge on any atom is 0.408 e. The van der Waals surface area contributed by atoms with Crippen LogP contribution in [0, 0.1) is 0 Å². The van der Waals surface area contributed by atoms with Gasteiger partial charge in [-0.15, -0.1) is 11.3 Å². The van der Waals surface area contributed by atoms with E-state index in [1.807, 2.05) is 0 Å². The molecule has 0 saturated heterocycles. The Bertz CT molecular complexity index is 1180. The second-order valence-corrected chi connectivity index (χ2v) is 9.51. The predicted molar refractivity (Wildman–Crippen MR) is 131 cm³/mol. The first-order chi connectivity index (χ1) is 16.9. The molecular formula is C25H28F3NO6S. The van der Waals surface area contributed by atoms with Gasteiger partial charge in [0, 0.05) is 34.4 Å². The lowest BCUT2D eigenvalue weighted by Gasteiger charge is -2.11. The normalized spacial score (nSPS) is 13.2. The summed E-state index contributed by atoms with van der Waals surface area (Å²) in [5, 5.41) is 21.0. The van der Waals surface area contributed by atoms with E-state index in [0.717, 1.165) is 4.88 Å². The third-order valence-electron chi connectivity index (χ3n) is 5.29. The Morgan fingerprint density at radius 2 is 1.97 bits per heavy atom. The van der Waals surface area contributed by atoms with Crippen LogP contribution in [0.15, 0.2) is 45.3 Å². The number of thiophene rings is 1. The molecule has 7 nitrogen and oxygen atoms in total. The number of alkyl halides is 3. The fourth-order valence-corrected chi connectivity index (χ4v) is 4.42. The van der Waals surface area contributed by atoms with E-state index in [0.29, 0.717) is 30.6 Å². The molecule has 196 valence electrons. The number of aromatic hydroxyl groups is 1. The minimum absolute atomic E-state index is 0.0480. The van der Waals surface area contributed by atoms with Crippen molar-refractivity contribution in [1.29, 1.82) is 0 Å². The molecule has 2 heterocycles. The SMILES string of the molecule is C/C(=C\c1ccc(CCCCC(F)(F)F)s1)C(=O)c1c(O)cc(C(C)CC/C=C/NC(=O)O)oc1=O. The van der Waals surface area contributed by atoms with Gasteiger partial charge in [0.15, 0.2) is 5.78 Å². The van der Waals surface area contributed by atoms with Crippen molar-refractivity contribution < 1.29 is 37.4 Å². The van der Waals surface area contributed by atoms with Crippen LogP contribution in [0.2, 0.25) is 0 Å². The molecule has 0 aliphatic rings. The smallest absolute Gasteiger partial charge is 0.408 e. The molecule has 0 fully saturated rings. The highest BCUT2D eigenvalue weighted by molar-refractivity contribution is 7.12. The van der Waals surface area contributed by atoms with Crippen LogP contribution in [0.25, 0.3) is 6.08 Å². The molecule has 36 heavy (non-hydrogen) atoms. The fourth-order valence-electron chi connectivity index (χ4n) is 3.36. The third-order valence-corrected chi connectivity index (χ3v) is 6.38. The third kappa shape index (κ3) is 9.37. The number of hydrogen-bond acceptors (Lipinski definition) is 6. The Labute approximate surface area is 210 Å². The highest BCUT2D eigenvalue weighted by atomic mass is 32.1. The van der Waals surface area contributed by atoms with Gasteiger partial charge in [0.25, 0.3) is 0 Å². The number of unbranched alkanes of at least 4 members (excludes halogenated alkanes) is 1. The number of amides is 1. The lowest BCUT2D eigenvalue weighted by atomic mass is 10.00. The van der Waals surface area contributed by atoms with Crippen LogP contribution in [-0.2, 0) is 6.42 Å². The number of Topliss-reactive ketones (excluding diaryl/α,β-unsaturated/α-hetero) is 1. The molecular weight excluding hydrogens is 499 g/mol. The number of hydrogen-bond donors (Lipinski definition) is 3. The summed E-state index contributed by atoms with van der Waals surface area (Å²) in [5.74, 6) is -1.27. The number of halogens is 3. The average molecular weight is 528 g/mol. The monoisotopic (exact) mass is 527 g/mol. The molecule has 0 radical (unpaired) electrons. The summed E-state index contributed by atoms with van der Waals surface area (Å²) in [6, 6.07) is 4.76. The Morgan fingerprint density at radius 3 is 2.61 bits per heavy atom. The fraction of sp³-hybridized carbons (Fsp3) is 0.400. The van der Waals surface area contributed by atoms with E-state index in [1.54, 1.807) is 31.2 Å². The van der Waals surface area contributed by atoms with Crippen molar-refractivity contribution in [1.82, 2.24) is 5.32 Å². The Hall–Kier alpha value is -3.34. The summed E-state index contributed by atoms with van der Waals surface area (Å²) in [4.78, 5) is 37.3. The minimum Gasteiger partial charge on any atom is -0.507 e. The van der Waals surface area contributed by atoms with Gasteiger partial charge in [-0.2, -0.15) is 13.2 Å². The van der Waals surface area contributed by atoms with E-state index in [-0.39, 0.29) is 23.7 Å². The van der Waals surface area contributed by atoms with Crippen LogP contribution >= 0.6 is 11.3 Å². The zero-order valence-electron chi connectivity index (χ0n) is 19.9. The molecule has 0 aliphatic heterocycles. The van der Waals surface area contributed by atoms with E-state index in [9.17, 15) is 32.7 Å². The highest BCUT2D eigenvalue weighted by Gasteiger charge is 2.26. The van der Waals surface area contributed by atoms with E-state index >= 15 is 0 Å². The van der Waals surface area contributed by atoms with Gasteiger partial charge in [-0.1, -0.05) is 13.0 Å². The molecule has 0 aliphatic carbocycles. The Kier molecular flexibility index (Phi) is 10.5. The number of carbonyl (C=O) groups is 2. The van der Waals surface area contributed by atoms with Crippen molar-refractivity contribution in [2.75, 3.05) is 0 Å². The molecule has 0 spiro atoms. The molecule has 11 heteroatoms. The summed E-state index contributed by atoms with van der Waals surface area (Å²) in [7, 11) is 0. The molecule has 1 unspecified atom stereocenters. The first-order valence-corrected chi connectivity index (χ1v) is 12.1. The van der Waals surface area contributed by atoms with Crippen molar-refractivity contribution in [2.45, 2.75) is 64.5 Å². The average Bonchev–Trinajstić information content (AvgIpc) is 3.22. The summed E-state index contributed by atoms with van der Waals surface area (Å²) >= 11 is 1.34. The zero-order valence-corrected chi connectivity index (χ0v) is 20.7. The molecule has 2 aromatic rings. The van der Waals surface area contributed by atoms with Gasteiger partial charge < -0.3 is 14.6 Å². The van der Waals surface area contributed by atoms with Crippen molar-refractivity contribution in [3.63, 3.8) is 0 Å². The highest BCUT2D eigenvalue weighted by Crippen LogP contribution is 2.28. The minimum atomic E-state index is -4.16. The number of allylic oxidation sites excluding steroid dienone is 2. The van der Waals surface area contributed by atoms with Crippen LogP contribution in [0.4, 0.5) is 18.0 Å². The molecule has 2 aromatic heterocycles. The van der Waals surface area contributed by atoms with Gasteiger partial charge in [-0.25, -0.2) is 9.59 Å². The van der Waals surface area contributed by atoms with Crippen LogP contribution < -0.4 is 10.9 Å². The lowest BCUT2D eigenvalue weighted by molar-refractivity contribution is -0.135. The van der Waals surface area contributed by atoms with Crippen molar-refractivity contribution in [3.05, 3.63) is 67.5 Å². The molecule has 2 rings (SSSR count). The quantitative estimate of drug-likeness (QED) is 0.162. The molecule has 0 aromatic carbocycles. The maximum atomic E-state index is 12.8. The van der Waals surface area contributed by atoms with Crippen molar-refractivity contribution in [2.24, 2.45) is 0 Å². The summed E-state index contributed by atoms with van der Waals surface area (Å²) in [6.07, 6.45) is 0.218. The van der Waals surface area contributed by atoms with E-state index in [4.69, 9.17) is 9.52 Å². The van der Waals surface area contributed by atoms with Gasteiger partial charge in [-0.3, -0.25) is 10.1 Å². The molecule has 0 saturated carbocycles. The molecule has 1 amide bonds. The van der Waals surface area contributed by atoms with Crippen LogP contribution in [0.1, 0.15) is 77.7 Å². The molecule has 1 atom stereocenters. The second-order valence-electron chi connectivity index (χ2n) is 8.31. The van der Waals surface area contributed by atoms with Gasteiger partial charge in [0.05, 0.1) is 0 Å². The van der Waals surface area contributed by atoms with Crippen LogP contribution in [-0.4, -0.2) is 28.3 Å². The Morgan fingerprint density at radius 1 is 1.25 bits per heavy atom. The summed E-state index contributed by atoms with van der Waals surface area (Å²) in [6.45, 7) is 3.26. The molecule has 0 bridgehead atoms. The standard InChI is InChI=1S/C25H28F3NO6S/c1-15(7-4-6-12-29-24(33)34)20-14-19(30)21(23(32)35-20)22(31)16(2)13-18-10-9-17(36-18)8-3-5-11-25(26,27)28/h6,9-10,12-15,29-30H,3-5,7-8,11H2,1-2H3,(H,33,34)/b12-6+,16-13+. The number of aryl methyl sites for hydroxylation is 1. The summed E-state index contributed by atoms with van der Waals surface area (Å²) < 4.78 is 42.0. The van der Waals surface area contributed by atoms with Crippen molar-refractivity contribution >= 4 is 29.3 Å². The largest absolute Gasteiger partial charge is 0.507 e. The van der Waals surface area contributed by atoms with E-state index in [2.05, 4.69) is 5.32 Å². The number of carboxylic acid groups (broad SMARTS) is 1. The second kappa shape index (κ2) is 13.1. The van der Waals surface area contributed by atoms with Gasteiger partial charge in [-0.05, 0) is 62.8 Å². The number of rotatable bonds is 12. The van der Waals surface area contributed by atoms with E-state index in [1.165, 1.54) is 30.5 Å². The van der Waals surface area contributed by atoms with Crippen LogP contribution in [0.5, 0.6) is 5.75 Å². The first kappa shape index (κ1) is 28.9. The Balaban J connectivity index is 2.04. The van der Waals surface area contributed by atoms with E-state index < -0.39 is 41.4 Å². The molecule has 3 N–H and O–H groups in total. The number of ketones is 1. The topological polar surface area (TPSA) is 117 Å². The number of carbonyl (C=O) groups excluding carboxylic acids is 1. The van der Waals surface area contributed by atoms with Gasteiger partial charge in [0.1, 0.15) is 17.1 Å². The van der Waals surface area contributed by atoms with Gasteiger partial charge >= 0.3 is 17.9 Å². The van der Waals surface area contributed by atoms with Gasteiger partial charge in [0.2, 0.25) is 0 Å². The zero-order chi connectivity index (χ0) is 26.9. The van der Waals surface area contributed by atoms with Crippen LogP contribution in [0.3, 0.4) is 0 Å². The summed E-state index contributed by atoms with van der Waals surface area (Å²) in [5.41, 5.74) is -1.25. The lowest BCUT2D eigenvalue weighted by Crippen LogP contribution is -2.16. The predicted octanol–water partition coefficient (Wildman–Crippen LogP) is 6.63. The first-order valence-electron chi connectivity index (χ1n) is 11.3. The number of nitrogens with one attached hydrogen (secondary N) is 1. The maximum absolute atomic E-state index is 12.8. The van der Waals surface area contributed by atoms with Crippen molar-refractivity contribution in [3.8, 4) is 5.75 Å².